The topological polar surface area (TPSA) is 89.8 Å². The summed E-state index contributed by atoms with van der Waals surface area (Å²) in [6.07, 6.45) is 3.43. The van der Waals surface area contributed by atoms with Crippen LogP contribution in [0.4, 0.5) is 0 Å². The number of H-pyrrole nitrogens is 1. The number of nitrogens with one attached hydrogen (secondary N) is 1. The molecule has 0 radical (unpaired) electrons. The van der Waals surface area contributed by atoms with Crippen LogP contribution in [0.5, 0.6) is 0 Å². The zero-order valence-corrected chi connectivity index (χ0v) is 12.7. The van der Waals surface area contributed by atoms with Gasteiger partial charge in [-0.3, -0.25) is 9.59 Å². The van der Waals surface area contributed by atoms with Gasteiger partial charge in [0.15, 0.2) is 0 Å². The van der Waals surface area contributed by atoms with Gasteiger partial charge in [-0.2, -0.15) is 5.16 Å². The highest BCUT2D eigenvalue weighted by atomic mass is 16.5. The Morgan fingerprint density at radius 3 is 2.68 bits per heavy atom. The number of aliphatic hydroxyl groups is 1. The molecule has 0 spiro atoms. The SMILES string of the molecule is O=C(c1cc(=O)[nH]o1)N1C[C@H](CO)C[C@@H](CN2CCCC2)C1. The van der Waals surface area contributed by atoms with Crippen LogP contribution in [0.1, 0.15) is 29.8 Å². The maximum atomic E-state index is 12.4. The number of carbonyl (C=O) groups is 1. The van der Waals surface area contributed by atoms with Crippen molar-refractivity contribution in [3.8, 4) is 0 Å². The lowest BCUT2D eigenvalue weighted by atomic mass is 9.89. The quantitative estimate of drug-likeness (QED) is 0.825. The minimum atomic E-state index is -0.410. The molecule has 0 bridgehead atoms. The molecular formula is C15H23N3O4. The normalized spacial score (nSPS) is 26.5. The standard InChI is InChI=1S/C15H23N3O4/c19-10-12-5-11(7-17-3-1-2-4-17)8-18(9-12)15(21)13-6-14(20)16-22-13/h6,11-12,19H,1-5,7-10H2,(H,16,20)/t11-,12+/m0/s1. The van der Waals surface area contributed by atoms with E-state index in [1.165, 1.54) is 18.9 Å². The second kappa shape index (κ2) is 6.66. The van der Waals surface area contributed by atoms with Crippen molar-refractivity contribution >= 4 is 5.91 Å². The predicted molar refractivity (Wildman–Crippen MR) is 79.6 cm³/mol. The third-order valence-electron chi connectivity index (χ3n) is 4.62. The number of aliphatic hydroxyl groups excluding tert-OH is 1. The molecule has 0 unspecified atom stereocenters. The molecule has 3 heterocycles. The second-order valence-corrected chi connectivity index (χ2v) is 6.45. The van der Waals surface area contributed by atoms with E-state index in [0.29, 0.717) is 19.0 Å². The maximum Gasteiger partial charge on any atom is 0.292 e. The van der Waals surface area contributed by atoms with Gasteiger partial charge in [0.1, 0.15) is 0 Å². The summed E-state index contributed by atoms with van der Waals surface area (Å²) in [6.45, 7) is 4.47. The fourth-order valence-corrected chi connectivity index (χ4v) is 3.62. The average Bonchev–Trinajstić information content (AvgIpc) is 3.17. The Kier molecular flexibility index (Phi) is 4.63. The summed E-state index contributed by atoms with van der Waals surface area (Å²) >= 11 is 0. The van der Waals surface area contributed by atoms with Crippen LogP contribution in [0.3, 0.4) is 0 Å². The van der Waals surface area contributed by atoms with Crippen LogP contribution >= 0.6 is 0 Å². The van der Waals surface area contributed by atoms with Gasteiger partial charge in [-0.05, 0) is 44.2 Å². The summed E-state index contributed by atoms with van der Waals surface area (Å²) in [5, 5.41) is 11.7. The fraction of sp³-hybridized carbons (Fsp3) is 0.733. The van der Waals surface area contributed by atoms with Crippen LogP contribution in [0, 0.1) is 11.8 Å². The predicted octanol–water partition coefficient (Wildman–Crippen LogP) is 0.134. The monoisotopic (exact) mass is 309 g/mol. The number of hydrogen-bond acceptors (Lipinski definition) is 5. The lowest BCUT2D eigenvalue weighted by Gasteiger charge is -2.38. The minimum absolute atomic E-state index is 0.0449. The van der Waals surface area contributed by atoms with Gasteiger partial charge in [-0.1, -0.05) is 0 Å². The number of rotatable bonds is 4. The average molecular weight is 309 g/mol. The van der Waals surface area contributed by atoms with E-state index in [-0.39, 0.29) is 24.2 Å². The molecule has 122 valence electrons. The first-order valence-electron chi connectivity index (χ1n) is 7.96. The first-order chi connectivity index (χ1) is 10.7. The van der Waals surface area contributed by atoms with Gasteiger partial charge in [-0.25, -0.2) is 0 Å². The number of carbonyl (C=O) groups excluding carboxylic acids is 1. The van der Waals surface area contributed by atoms with Gasteiger partial charge < -0.3 is 19.4 Å². The van der Waals surface area contributed by atoms with E-state index >= 15 is 0 Å². The Morgan fingerprint density at radius 1 is 1.32 bits per heavy atom. The smallest absolute Gasteiger partial charge is 0.292 e. The van der Waals surface area contributed by atoms with Crippen molar-refractivity contribution in [1.29, 1.82) is 0 Å². The Labute approximate surface area is 128 Å². The third kappa shape index (κ3) is 3.41. The first-order valence-corrected chi connectivity index (χ1v) is 7.96. The summed E-state index contributed by atoms with van der Waals surface area (Å²) in [5.41, 5.74) is -0.410. The van der Waals surface area contributed by atoms with E-state index in [0.717, 1.165) is 26.1 Å². The fourth-order valence-electron chi connectivity index (χ4n) is 3.62. The lowest BCUT2D eigenvalue weighted by molar-refractivity contribution is 0.0431. The largest absolute Gasteiger partial charge is 0.396 e. The second-order valence-electron chi connectivity index (χ2n) is 6.45. The van der Waals surface area contributed by atoms with Crippen LogP contribution in [0.15, 0.2) is 15.4 Å². The molecule has 0 aromatic carbocycles. The van der Waals surface area contributed by atoms with E-state index < -0.39 is 5.56 Å². The summed E-state index contributed by atoms with van der Waals surface area (Å²) < 4.78 is 4.92. The number of aromatic nitrogens is 1. The van der Waals surface area contributed by atoms with Gasteiger partial charge >= 0.3 is 0 Å². The highest BCUT2D eigenvalue weighted by molar-refractivity contribution is 5.91. The van der Waals surface area contributed by atoms with Crippen molar-refractivity contribution in [3.05, 3.63) is 22.2 Å². The molecule has 2 saturated heterocycles. The number of hydrogen-bond donors (Lipinski definition) is 2. The number of likely N-dealkylation sites (tertiary alicyclic amines) is 2. The molecule has 2 aliphatic rings. The molecule has 2 aliphatic heterocycles. The lowest BCUT2D eigenvalue weighted by Crippen LogP contribution is -2.47. The van der Waals surface area contributed by atoms with Crippen molar-refractivity contribution in [2.75, 3.05) is 39.3 Å². The van der Waals surface area contributed by atoms with Crippen LogP contribution in [-0.2, 0) is 0 Å². The number of nitrogens with zero attached hydrogens (tertiary/aromatic N) is 2. The van der Waals surface area contributed by atoms with Gasteiger partial charge in [0.25, 0.3) is 11.5 Å². The Hall–Kier alpha value is -1.60. The molecule has 1 aromatic rings. The molecule has 1 amide bonds. The molecule has 2 N–H and O–H groups in total. The van der Waals surface area contributed by atoms with Gasteiger partial charge in [0, 0.05) is 26.2 Å². The van der Waals surface area contributed by atoms with Crippen molar-refractivity contribution in [2.24, 2.45) is 11.8 Å². The summed E-state index contributed by atoms with van der Waals surface area (Å²) in [5.74, 6) is 0.223. The Bertz CT molecular complexity index is 561. The van der Waals surface area contributed by atoms with Crippen molar-refractivity contribution in [1.82, 2.24) is 15.0 Å². The number of aromatic amines is 1. The molecule has 2 fully saturated rings. The molecule has 0 saturated carbocycles. The zero-order valence-electron chi connectivity index (χ0n) is 12.7. The molecule has 2 atom stereocenters. The Balaban J connectivity index is 1.67. The first kappa shape index (κ1) is 15.3. The number of piperidine rings is 1. The maximum absolute atomic E-state index is 12.4. The van der Waals surface area contributed by atoms with Crippen LogP contribution in [-0.4, -0.2) is 65.3 Å². The van der Waals surface area contributed by atoms with Crippen molar-refractivity contribution in [2.45, 2.75) is 19.3 Å². The van der Waals surface area contributed by atoms with Crippen molar-refractivity contribution < 1.29 is 14.4 Å². The van der Waals surface area contributed by atoms with Crippen LogP contribution in [0.25, 0.3) is 0 Å². The van der Waals surface area contributed by atoms with E-state index in [1.807, 2.05) is 0 Å². The van der Waals surface area contributed by atoms with Crippen LogP contribution in [0.2, 0.25) is 0 Å². The summed E-state index contributed by atoms with van der Waals surface area (Å²) in [7, 11) is 0. The molecule has 22 heavy (non-hydrogen) atoms. The minimum Gasteiger partial charge on any atom is -0.396 e. The molecule has 3 rings (SSSR count). The van der Waals surface area contributed by atoms with Gasteiger partial charge in [-0.15, -0.1) is 0 Å². The highest BCUT2D eigenvalue weighted by Crippen LogP contribution is 2.25. The van der Waals surface area contributed by atoms with Crippen molar-refractivity contribution in [3.63, 3.8) is 0 Å². The molecule has 0 aliphatic carbocycles. The molecule has 7 heteroatoms. The molecule has 1 aromatic heterocycles. The molecular weight excluding hydrogens is 286 g/mol. The van der Waals surface area contributed by atoms with E-state index in [2.05, 4.69) is 10.1 Å². The van der Waals surface area contributed by atoms with Crippen LogP contribution < -0.4 is 5.56 Å². The summed E-state index contributed by atoms with van der Waals surface area (Å²) in [4.78, 5) is 27.7. The third-order valence-corrected chi connectivity index (χ3v) is 4.62. The van der Waals surface area contributed by atoms with E-state index in [4.69, 9.17) is 4.52 Å². The highest BCUT2D eigenvalue weighted by Gasteiger charge is 2.32. The van der Waals surface area contributed by atoms with E-state index in [9.17, 15) is 14.7 Å². The van der Waals surface area contributed by atoms with Gasteiger partial charge in [0.2, 0.25) is 5.76 Å². The zero-order chi connectivity index (χ0) is 15.5. The molecule has 7 nitrogen and oxygen atoms in total. The van der Waals surface area contributed by atoms with Gasteiger partial charge in [0.05, 0.1) is 6.07 Å². The summed E-state index contributed by atoms with van der Waals surface area (Å²) in [6, 6.07) is 1.18. The van der Waals surface area contributed by atoms with E-state index in [1.54, 1.807) is 4.90 Å². The number of amides is 1. The Morgan fingerprint density at radius 2 is 2.05 bits per heavy atom.